The Morgan fingerprint density at radius 3 is 2.50 bits per heavy atom. The van der Waals surface area contributed by atoms with Gasteiger partial charge >= 0.3 is 5.69 Å². The Morgan fingerprint density at radius 1 is 1.14 bits per heavy atom. The molecule has 6 nitrogen and oxygen atoms in total. The van der Waals surface area contributed by atoms with E-state index >= 15 is 0 Å². The van der Waals surface area contributed by atoms with Gasteiger partial charge in [-0.3, -0.25) is 9.13 Å². The zero-order valence-corrected chi connectivity index (χ0v) is 13.9. The number of benzene rings is 1. The molecule has 120 valence electrons. The number of sulfonamides is 1. The molecular weight excluding hydrogens is 302 g/mol. The molecule has 0 aliphatic carbocycles. The van der Waals surface area contributed by atoms with Crippen molar-refractivity contribution in [3.05, 3.63) is 28.7 Å². The summed E-state index contributed by atoms with van der Waals surface area (Å²) in [6.45, 7) is 3.21. The predicted molar refractivity (Wildman–Crippen MR) is 85.3 cm³/mol. The Bertz CT molecular complexity index is 879. The predicted octanol–water partition coefficient (Wildman–Crippen LogP) is 1.30. The second-order valence-corrected chi connectivity index (χ2v) is 8.10. The lowest BCUT2D eigenvalue weighted by atomic mass is 10.0. The molecule has 1 saturated heterocycles. The topological polar surface area (TPSA) is 64.3 Å². The Balaban J connectivity index is 2.09. The molecule has 7 heteroatoms. The monoisotopic (exact) mass is 323 g/mol. The van der Waals surface area contributed by atoms with E-state index in [1.165, 1.54) is 9.13 Å². The van der Waals surface area contributed by atoms with Gasteiger partial charge in [0.2, 0.25) is 10.0 Å². The molecule has 1 unspecified atom stereocenters. The number of aryl methyl sites for hydroxylation is 2. The van der Waals surface area contributed by atoms with Gasteiger partial charge in [-0.1, -0.05) is 6.92 Å². The van der Waals surface area contributed by atoms with Gasteiger partial charge in [0.25, 0.3) is 0 Å². The molecule has 2 heterocycles. The summed E-state index contributed by atoms with van der Waals surface area (Å²) in [5.74, 6) is 0.383. The van der Waals surface area contributed by atoms with Crippen LogP contribution in [0.2, 0.25) is 0 Å². The van der Waals surface area contributed by atoms with E-state index in [9.17, 15) is 13.2 Å². The molecule has 22 heavy (non-hydrogen) atoms. The number of piperidine rings is 1. The van der Waals surface area contributed by atoms with Crippen LogP contribution in [0.25, 0.3) is 11.0 Å². The maximum atomic E-state index is 12.8. The number of aromatic nitrogens is 2. The molecule has 0 saturated carbocycles. The minimum absolute atomic E-state index is 0.156. The average molecular weight is 323 g/mol. The molecule has 3 rings (SSSR count). The van der Waals surface area contributed by atoms with Crippen molar-refractivity contribution in [3.8, 4) is 0 Å². The van der Waals surface area contributed by atoms with Crippen molar-refractivity contribution in [1.82, 2.24) is 13.4 Å². The summed E-state index contributed by atoms with van der Waals surface area (Å²) in [6, 6.07) is 4.90. The second-order valence-electron chi connectivity index (χ2n) is 6.16. The molecule has 0 radical (unpaired) electrons. The molecule has 0 amide bonds. The van der Waals surface area contributed by atoms with Crippen LogP contribution < -0.4 is 5.69 Å². The number of hydrogen-bond donors (Lipinski definition) is 0. The Morgan fingerprint density at radius 2 is 1.82 bits per heavy atom. The molecule has 1 aromatic carbocycles. The smallest absolute Gasteiger partial charge is 0.295 e. The van der Waals surface area contributed by atoms with E-state index in [0.29, 0.717) is 24.5 Å². The van der Waals surface area contributed by atoms with Crippen molar-refractivity contribution in [2.24, 2.45) is 20.0 Å². The van der Waals surface area contributed by atoms with E-state index in [4.69, 9.17) is 0 Å². The number of rotatable bonds is 2. The molecule has 0 spiro atoms. The first-order valence-corrected chi connectivity index (χ1v) is 8.92. The SMILES string of the molecule is CC1CCCN(S(=O)(=O)c2ccc3c(c2)n(C)c(=O)n3C)C1. The van der Waals surface area contributed by atoms with Crippen molar-refractivity contribution in [3.63, 3.8) is 0 Å². The molecular formula is C15H21N3O3S. The summed E-state index contributed by atoms with van der Waals surface area (Å²) in [5.41, 5.74) is 1.22. The van der Waals surface area contributed by atoms with Crippen molar-refractivity contribution in [2.75, 3.05) is 13.1 Å². The molecule has 1 fully saturated rings. The number of fused-ring (bicyclic) bond motifs is 1. The van der Waals surface area contributed by atoms with E-state index in [2.05, 4.69) is 6.92 Å². The van der Waals surface area contributed by atoms with Gasteiger partial charge in [0.1, 0.15) is 0 Å². The van der Waals surface area contributed by atoms with E-state index in [-0.39, 0.29) is 10.6 Å². The zero-order chi connectivity index (χ0) is 16.1. The fourth-order valence-corrected chi connectivity index (χ4v) is 4.78. The zero-order valence-electron chi connectivity index (χ0n) is 13.1. The molecule has 1 aliphatic heterocycles. The van der Waals surface area contributed by atoms with Crippen LogP contribution in [0.3, 0.4) is 0 Å². The van der Waals surface area contributed by atoms with Gasteiger partial charge in [0.15, 0.2) is 0 Å². The summed E-state index contributed by atoms with van der Waals surface area (Å²) in [5, 5.41) is 0. The largest absolute Gasteiger partial charge is 0.328 e. The van der Waals surface area contributed by atoms with Crippen molar-refractivity contribution >= 4 is 21.1 Å². The lowest BCUT2D eigenvalue weighted by molar-refractivity contribution is 0.281. The third-order valence-electron chi connectivity index (χ3n) is 4.50. The average Bonchev–Trinajstić information content (AvgIpc) is 2.72. The minimum atomic E-state index is -3.50. The highest BCUT2D eigenvalue weighted by Gasteiger charge is 2.29. The minimum Gasteiger partial charge on any atom is -0.295 e. The fraction of sp³-hybridized carbons (Fsp3) is 0.533. The molecule has 0 N–H and O–H groups in total. The first-order chi connectivity index (χ1) is 10.3. The van der Waals surface area contributed by atoms with Gasteiger partial charge in [-0.2, -0.15) is 4.31 Å². The summed E-state index contributed by atoms with van der Waals surface area (Å²) < 4.78 is 30.2. The lowest BCUT2D eigenvalue weighted by Crippen LogP contribution is -2.39. The van der Waals surface area contributed by atoms with Gasteiger partial charge in [-0.05, 0) is 37.0 Å². The standard InChI is InChI=1S/C15H21N3O3S/c1-11-5-4-8-18(10-11)22(20,21)12-6-7-13-14(9-12)17(3)15(19)16(13)2/h6-7,9,11H,4-5,8,10H2,1-3H3. The quantitative estimate of drug-likeness (QED) is 0.837. The van der Waals surface area contributed by atoms with Crippen LogP contribution in [-0.4, -0.2) is 34.9 Å². The number of nitrogens with zero attached hydrogens (tertiary/aromatic N) is 3. The molecule has 2 aromatic rings. The second kappa shape index (κ2) is 5.24. The maximum Gasteiger partial charge on any atom is 0.328 e. The Kier molecular flexibility index (Phi) is 3.65. The van der Waals surface area contributed by atoms with E-state index in [0.717, 1.165) is 18.4 Å². The maximum absolute atomic E-state index is 12.8. The van der Waals surface area contributed by atoms with Crippen molar-refractivity contribution in [1.29, 1.82) is 0 Å². The van der Waals surface area contributed by atoms with Crippen LogP contribution in [-0.2, 0) is 24.1 Å². The third kappa shape index (κ3) is 2.28. The van der Waals surface area contributed by atoms with Gasteiger partial charge in [0, 0.05) is 27.2 Å². The first kappa shape index (κ1) is 15.3. The van der Waals surface area contributed by atoms with Gasteiger partial charge in [0.05, 0.1) is 15.9 Å². The van der Waals surface area contributed by atoms with Crippen molar-refractivity contribution in [2.45, 2.75) is 24.7 Å². The van der Waals surface area contributed by atoms with Gasteiger partial charge < -0.3 is 0 Å². The van der Waals surface area contributed by atoms with Crippen molar-refractivity contribution < 1.29 is 8.42 Å². The Labute approximate surface area is 130 Å². The summed E-state index contributed by atoms with van der Waals surface area (Å²) in [6.07, 6.45) is 1.96. The summed E-state index contributed by atoms with van der Waals surface area (Å²) in [4.78, 5) is 12.2. The molecule has 1 aromatic heterocycles. The van der Waals surface area contributed by atoms with Crippen LogP contribution in [0.4, 0.5) is 0 Å². The van der Waals surface area contributed by atoms with E-state index in [1.807, 2.05) is 0 Å². The molecule has 0 bridgehead atoms. The van der Waals surface area contributed by atoms with Crippen LogP contribution in [0.1, 0.15) is 19.8 Å². The highest BCUT2D eigenvalue weighted by molar-refractivity contribution is 7.89. The Hall–Kier alpha value is -1.60. The first-order valence-electron chi connectivity index (χ1n) is 7.48. The lowest BCUT2D eigenvalue weighted by Gasteiger charge is -2.30. The molecule has 1 aliphatic rings. The van der Waals surface area contributed by atoms with Crippen LogP contribution in [0.15, 0.2) is 27.9 Å². The van der Waals surface area contributed by atoms with Gasteiger partial charge in [-0.25, -0.2) is 13.2 Å². The summed E-state index contributed by atoms with van der Waals surface area (Å²) in [7, 11) is -0.156. The number of imidazole rings is 1. The highest BCUT2D eigenvalue weighted by Crippen LogP contribution is 2.25. The highest BCUT2D eigenvalue weighted by atomic mass is 32.2. The van der Waals surface area contributed by atoms with Gasteiger partial charge in [-0.15, -0.1) is 0 Å². The summed E-state index contributed by atoms with van der Waals surface area (Å²) >= 11 is 0. The molecule has 1 atom stereocenters. The van der Waals surface area contributed by atoms with E-state index in [1.54, 1.807) is 36.6 Å². The van der Waals surface area contributed by atoms with Crippen LogP contribution >= 0.6 is 0 Å². The van der Waals surface area contributed by atoms with Crippen LogP contribution in [0, 0.1) is 5.92 Å². The number of hydrogen-bond acceptors (Lipinski definition) is 3. The third-order valence-corrected chi connectivity index (χ3v) is 6.36. The van der Waals surface area contributed by atoms with Crippen LogP contribution in [0.5, 0.6) is 0 Å². The van der Waals surface area contributed by atoms with E-state index < -0.39 is 10.0 Å². The fourth-order valence-electron chi connectivity index (χ4n) is 3.16. The normalized spacial score (nSPS) is 20.6.